The number of hydrogen-bond acceptors (Lipinski definition) is 3. The molecule has 0 aliphatic carbocycles. The molecule has 0 bridgehead atoms. The molecule has 3 rings (SSSR count). The number of anilines is 1. The van der Waals surface area contributed by atoms with Crippen molar-refractivity contribution in [2.24, 2.45) is 5.92 Å². The summed E-state index contributed by atoms with van der Waals surface area (Å²) in [5.41, 5.74) is -0.433. The van der Waals surface area contributed by atoms with E-state index in [0.29, 0.717) is 17.4 Å². The van der Waals surface area contributed by atoms with E-state index in [4.69, 9.17) is 16.3 Å². The Kier molecular flexibility index (Phi) is 4.14. The number of aromatic nitrogens is 1. The van der Waals surface area contributed by atoms with Crippen LogP contribution in [-0.4, -0.2) is 23.1 Å². The van der Waals surface area contributed by atoms with Crippen LogP contribution in [0.2, 0.25) is 5.02 Å². The minimum Gasteiger partial charge on any atom is -0.375 e. The van der Waals surface area contributed by atoms with Crippen molar-refractivity contribution in [3.63, 3.8) is 0 Å². The normalized spacial score (nSPS) is 20.3. The Morgan fingerprint density at radius 3 is 2.86 bits per heavy atom. The first kappa shape index (κ1) is 15.7. The summed E-state index contributed by atoms with van der Waals surface area (Å²) in [6.07, 6.45) is 2.44. The molecule has 1 aliphatic rings. The first-order valence-electron chi connectivity index (χ1n) is 7.06. The van der Waals surface area contributed by atoms with E-state index in [1.165, 1.54) is 0 Å². The molecule has 2 aromatic rings. The topological polar surface area (TPSA) is 51.2 Å². The highest BCUT2D eigenvalue weighted by Crippen LogP contribution is 2.33. The Labute approximate surface area is 142 Å². The Hall–Kier alpha value is -1.17. The van der Waals surface area contributed by atoms with Crippen LogP contribution in [0.15, 0.2) is 28.9 Å². The van der Waals surface area contributed by atoms with Crippen LogP contribution in [0.3, 0.4) is 0 Å². The number of fused-ring (bicyclic) bond motifs is 1. The third-order valence-corrected chi connectivity index (χ3v) is 5.25. The van der Waals surface area contributed by atoms with Gasteiger partial charge in [-0.1, -0.05) is 11.6 Å². The number of amides is 1. The highest BCUT2D eigenvalue weighted by molar-refractivity contribution is 9.10. The quantitative estimate of drug-likeness (QED) is 0.836. The Bertz CT molecular complexity index is 748. The maximum absolute atomic E-state index is 12.4. The largest absolute Gasteiger partial charge is 0.375 e. The van der Waals surface area contributed by atoms with Gasteiger partial charge >= 0.3 is 0 Å². The van der Waals surface area contributed by atoms with Crippen molar-refractivity contribution in [2.75, 3.05) is 11.9 Å². The van der Waals surface area contributed by atoms with E-state index in [1.54, 1.807) is 6.20 Å². The van der Waals surface area contributed by atoms with Gasteiger partial charge in [-0.15, -0.1) is 0 Å². The van der Waals surface area contributed by atoms with Gasteiger partial charge in [-0.3, -0.25) is 4.79 Å². The lowest BCUT2D eigenvalue weighted by Gasteiger charge is -2.24. The predicted molar refractivity (Wildman–Crippen MR) is 91.2 cm³/mol. The maximum atomic E-state index is 12.4. The third kappa shape index (κ3) is 2.98. The zero-order chi connectivity index (χ0) is 15.9. The van der Waals surface area contributed by atoms with E-state index >= 15 is 0 Å². The molecule has 0 unspecified atom stereocenters. The van der Waals surface area contributed by atoms with Crippen molar-refractivity contribution >= 4 is 50.0 Å². The van der Waals surface area contributed by atoms with Crippen LogP contribution in [0, 0.1) is 5.92 Å². The Morgan fingerprint density at radius 2 is 2.18 bits per heavy atom. The van der Waals surface area contributed by atoms with Crippen LogP contribution in [0.1, 0.15) is 20.3 Å². The highest BCUT2D eigenvalue weighted by atomic mass is 79.9. The summed E-state index contributed by atoms with van der Waals surface area (Å²) in [5, 5.41) is 5.41. The molecule has 1 aromatic carbocycles. The average molecular weight is 384 g/mol. The molecule has 1 saturated heterocycles. The van der Waals surface area contributed by atoms with Crippen molar-refractivity contribution in [2.45, 2.75) is 25.9 Å². The second-order valence-corrected chi connectivity index (χ2v) is 7.23. The molecule has 1 amide bonds. The van der Waals surface area contributed by atoms with Gasteiger partial charge in [0.15, 0.2) is 0 Å². The van der Waals surface area contributed by atoms with Crippen molar-refractivity contribution < 1.29 is 9.53 Å². The fraction of sp³-hybridized carbons (Fsp3) is 0.375. The van der Waals surface area contributed by atoms with Gasteiger partial charge in [0.1, 0.15) is 5.82 Å². The summed E-state index contributed by atoms with van der Waals surface area (Å²) < 4.78 is 6.42. The summed E-state index contributed by atoms with van der Waals surface area (Å²) in [5.74, 6) is 0.318. The molecule has 6 heteroatoms. The molecule has 0 radical (unpaired) electrons. The number of benzene rings is 1. The molecule has 1 aliphatic heterocycles. The van der Waals surface area contributed by atoms with Gasteiger partial charge in [-0.05, 0) is 59.8 Å². The van der Waals surface area contributed by atoms with E-state index in [-0.39, 0.29) is 11.8 Å². The van der Waals surface area contributed by atoms with Gasteiger partial charge in [0.25, 0.3) is 0 Å². The molecular formula is C16H16BrClN2O2. The second-order valence-electron chi connectivity index (χ2n) is 5.97. The van der Waals surface area contributed by atoms with E-state index in [0.717, 1.165) is 21.7 Å². The number of pyridine rings is 1. The van der Waals surface area contributed by atoms with Crippen LogP contribution in [-0.2, 0) is 9.53 Å². The molecule has 2 heterocycles. The molecule has 0 saturated carbocycles. The standard InChI is InChI=1S/C16H16BrClN2O2/c1-16(2)11(3-4-22-16)15(21)20-14-7-9-5-12(17)13(18)6-10(9)8-19-14/h5-8,11H,3-4H2,1-2H3,(H,19,20,21)/t11-/m0/s1. The number of carbonyl (C=O) groups is 1. The zero-order valence-corrected chi connectivity index (χ0v) is 14.7. The maximum Gasteiger partial charge on any atom is 0.231 e. The van der Waals surface area contributed by atoms with Crippen LogP contribution in [0.25, 0.3) is 10.8 Å². The number of halogens is 2. The van der Waals surface area contributed by atoms with Crippen molar-refractivity contribution in [3.05, 3.63) is 33.9 Å². The molecular weight excluding hydrogens is 368 g/mol. The first-order chi connectivity index (χ1) is 10.4. The minimum atomic E-state index is -0.433. The van der Waals surface area contributed by atoms with E-state index in [9.17, 15) is 4.79 Å². The number of rotatable bonds is 2. The molecule has 22 heavy (non-hydrogen) atoms. The average Bonchev–Trinajstić information content (AvgIpc) is 2.80. The number of hydrogen-bond donors (Lipinski definition) is 1. The Balaban J connectivity index is 1.85. The van der Waals surface area contributed by atoms with Gasteiger partial charge in [0.05, 0.1) is 16.5 Å². The molecule has 4 nitrogen and oxygen atoms in total. The molecule has 1 N–H and O–H groups in total. The highest BCUT2D eigenvalue weighted by Gasteiger charge is 2.40. The van der Waals surface area contributed by atoms with E-state index in [2.05, 4.69) is 26.2 Å². The number of ether oxygens (including phenoxy) is 1. The van der Waals surface area contributed by atoms with Gasteiger partial charge in [0.2, 0.25) is 5.91 Å². The number of nitrogens with zero attached hydrogens (tertiary/aromatic N) is 1. The van der Waals surface area contributed by atoms with Crippen LogP contribution >= 0.6 is 27.5 Å². The minimum absolute atomic E-state index is 0.0534. The Morgan fingerprint density at radius 1 is 1.41 bits per heavy atom. The number of nitrogens with one attached hydrogen (secondary N) is 1. The SMILES string of the molecule is CC1(C)OCC[C@H]1C(=O)Nc1cc2cc(Br)c(Cl)cc2cn1. The first-order valence-corrected chi connectivity index (χ1v) is 8.23. The summed E-state index contributed by atoms with van der Waals surface area (Å²) in [6, 6.07) is 5.60. The zero-order valence-electron chi connectivity index (χ0n) is 12.3. The van der Waals surface area contributed by atoms with E-state index in [1.807, 2.05) is 32.0 Å². The summed E-state index contributed by atoms with van der Waals surface area (Å²) in [6.45, 7) is 4.50. The lowest BCUT2D eigenvalue weighted by molar-refractivity contribution is -0.124. The molecule has 1 aromatic heterocycles. The monoisotopic (exact) mass is 382 g/mol. The molecule has 116 valence electrons. The molecule has 1 fully saturated rings. The van der Waals surface area contributed by atoms with Gasteiger partial charge in [0, 0.05) is 22.7 Å². The van der Waals surface area contributed by atoms with Gasteiger partial charge < -0.3 is 10.1 Å². The van der Waals surface area contributed by atoms with Gasteiger partial charge in [-0.2, -0.15) is 0 Å². The number of carbonyl (C=O) groups excluding carboxylic acids is 1. The van der Waals surface area contributed by atoms with Crippen LogP contribution < -0.4 is 5.32 Å². The third-order valence-electron chi connectivity index (χ3n) is 4.05. The summed E-state index contributed by atoms with van der Waals surface area (Å²) in [7, 11) is 0. The van der Waals surface area contributed by atoms with Crippen molar-refractivity contribution in [1.82, 2.24) is 4.98 Å². The van der Waals surface area contributed by atoms with E-state index < -0.39 is 5.60 Å². The fourth-order valence-electron chi connectivity index (χ4n) is 2.75. The molecule has 1 atom stereocenters. The predicted octanol–water partition coefficient (Wildman–Crippen LogP) is 4.40. The second kappa shape index (κ2) is 5.80. The van der Waals surface area contributed by atoms with Crippen LogP contribution in [0.4, 0.5) is 5.82 Å². The lowest BCUT2D eigenvalue weighted by Crippen LogP contribution is -2.36. The lowest BCUT2D eigenvalue weighted by atomic mass is 9.90. The summed E-state index contributed by atoms with van der Waals surface area (Å²) >= 11 is 9.48. The fourth-order valence-corrected chi connectivity index (χ4v) is 3.29. The van der Waals surface area contributed by atoms with Gasteiger partial charge in [-0.25, -0.2) is 4.98 Å². The van der Waals surface area contributed by atoms with Crippen molar-refractivity contribution in [3.8, 4) is 0 Å². The summed E-state index contributed by atoms with van der Waals surface area (Å²) in [4.78, 5) is 16.7. The van der Waals surface area contributed by atoms with Crippen LogP contribution in [0.5, 0.6) is 0 Å². The smallest absolute Gasteiger partial charge is 0.231 e. The molecule has 0 spiro atoms. The van der Waals surface area contributed by atoms with Crippen molar-refractivity contribution in [1.29, 1.82) is 0 Å².